The molecule has 0 spiro atoms. The van der Waals surface area contributed by atoms with Crippen LogP contribution in [0.4, 0.5) is 0 Å². The first kappa shape index (κ1) is 23.1. The van der Waals surface area contributed by atoms with Crippen LogP contribution in [0.1, 0.15) is 43.5 Å². The summed E-state index contributed by atoms with van der Waals surface area (Å²) in [4.78, 5) is 46.0. The maximum absolute atomic E-state index is 13.8. The van der Waals surface area contributed by atoms with Gasteiger partial charge in [-0.2, -0.15) is 0 Å². The van der Waals surface area contributed by atoms with Crippen molar-refractivity contribution in [3.63, 3.8) is 0 Å². The summed E-state index contributed by atoms with van der Waals surface area (Å²) in [7, 11) is 0. The van der Waals surface area contributed by atoms with E-state index < -0.39 is 29.6 Å². The number of aromatic amines is 1. The third-order valence-corrected chi connectivity index (χ3v) is 7.29. The normalized spacial score (nSPS) is 19.9. The van der Waals surface area contributed by atoms with Crippen molar-refractivity contribution < 1.29 is 19.1 Å². The summed E-state index contributed by atoms with van der Waals surface area (Å²) in [5.74, 6) is -1.17. The third-order valence-electron chi connectivity index (χ3n) is 7.29. The van der Waals surface area contributed by atoms with Gasteiger partial charge in [0.05, 0.1) is 11.7 Å². The summed E-state index contributed by atoms with van der Waals surface area (Å²) in [6, 6.07) is 16.2. The number of nitrogens with two attached hydrogens (primary N) is 1. The van der Waals surface area contributed by atoms with Gasteiger partial charge in [0.25, 0.3) is 0 Å². The van der Waals surface area contributed by atoms with E-state index in [1.165, 1.54) is 0 Å². The van der Waals surface area contributed by atoms with Crippen LogP contribution in [0.15, 0.2) is 54.6 Å². The molecule has 8 heteroatoms. The number of para-hydroxylation sites is 1. The predicted molar refractivity (Wildman–Crippen MR) is 131 cm³/mol. The molecule has 182 valence electrons. The molecule has 0 bridgehead atoms. The Balaban J connectivity index is 1.43. The molecule has 2 atom stereocenters. The van der Waals surface area contributed by atoms with Crippen LogP contribution in [0.25, 0.3) is 10.9 Å². The summed E-state index contributed by atoms with van der Waals surface area (Å²) < 4.78 is 5.62. The molecule has 3 aromatic rings. The average Bonchev–Trinajstić information content (AvgIpc) is 3.30. The van der Waals surface area contributed by atoms with Crippen molar-refractivity contribution in [3.8, 4) is 0 Å². The van der Waals surface area contributed by atoms with Crippen LogP contribution >= 0.6 is 0 Å². The number of nitrogens with zero attached hydrogens (tertiary/aromatic N) is 2. The predicted octanol–water partition coefficient (Wildman–Crippen LogP) is 2.85. The highest BCUT2D eigenvalue weighted by atomic mass is 16.5. The molecule has 1 fully saturated rings. The highest BCUT2D eigenvalue weighted by Gasteiger charge is 2.56. The van der Waals surface area contributed by atoms with E-state index in [2.05, 4.69) is 16.0 Å². The van der Waals surface area contributed by atoms with Gasteiger partial charge in [-0.25, -0.2) is 4.79 Å². The quantitative estimate of drug-likeness (QED) is 0.512. The molecule has 1 aromatic heterocycles. The molecule has 3 heterocycles. The zero-order valence-corrected chi connectivity index (χ0v) is 20.0. The van der Waals surface area contributed by atoms with E-state index in [1.807, 2.05) is 62.4 Å². The molecule has 3 N–H and O–H groups in total. The Morgan fingerprint density at radius 3 is 2.60 bits per heavy atom. The van der Waals surface area contributed by atoms with E-state index in [1.54, 1.807) is 4.90 Å². The van der Waals surface area contributed by atoms with Crippen molar-refractivity contribution >= 4 is 28.7 Å². The van der Waals surface area contributed by atoms with E-state index in [9.17, 15) is 14.4 Å². The van der Waals surface area contributed by atoms with E-state index >= 15 is 0 Å². The Kier molecular flexibility index (Phi) is 5.84. The molecule has 2 amide bonds. The SMILES string of the molecule is CC1(C)N2Cc3[nH]c4ccccc4c3C[C@H]2C(=O)N1[C@@H](CCC(N)=O)C(=O)OCc1ccccc1. The fourth-order valence-corrected chi connectivity index (χ4v) is 5.56. The van der Waals surface area contributed by atoms with Gasteiger partial charge in [0, 0.05) is 29.6 Å². The van der Waals surface area contributed by atoms with Crippen LogP contribution < -0.4 is 5.73 Å². The molecular weight excluding hydrogens is 444 g/mol. The Hall–Kier alpha value is -3.65. The van der Waals surface area contributed by atoms with E-state index in [4.69, 9.17) is 10.5 Å². The van der Waals surface area contributed by atoms with Gasteiger partial charge in [0.1, 0.15) is 12.6 Å². The minimum Gasteiger partial charge on any atom is -0.459 e. The fourth-order valence-electron chi connectivity index (χ4n) is 5.56. The number of esters is 1. The number of primary amides is 1. The van der Waals surface area contributed by atoms with Gasteiger partial charge in [-0.1, -0.05) is 48.5 Å². The number of nitrogens with one attached hydrogen (secondary N) is 1. The lowest BCUT2D eigenvalue weighted by atomic mass is 9.96. The number of fused-ring (bicyclic) bond motifs is 4. The van der Waals surface area contributed by atoms with E-state index in [0.717, 1.165) is 27.7 Å². The molecule has 0 aliphatic carbocycles. The number of hydrogen-bond donors (Lipinski definition) is 2. The molecule has 1 saturated heterocycles. The van der Waals surface area contributed by atoms with Crippen LogP contribution in [-0.4, -0.2) is 50.3 Å². The number of carbonyl (C=O) groups excluding carboxylic acids is 3. The van der Waals surface area contributed by atoms with Gasteiger partial charge in [0.15, 0.2) is 0 Å². The summed E-state index contributed by atoms with van der Waals surface area (Å²) >= 11 is 0. The summed E-state index contributed by atoms with van der Waals surface area (Å²) in [5, 5.41) is 1.12. The number of hydrogen-bond acceptors (Lipinski definition) is 5. The second-order valence-corrected chi connectivity index (χ2v) is 9.79. The molecule has 8 nitrogen and oxygen atoms in total. The smallest absolute Gasteiger partial charge is 0.329 e. The van der Waals surface area contributed by atoms with Crippen LogP contribution in [0.5, 0.6) is 0 Å². The Labute approximate surface area is 204 Å². The molecule has 2 aliphatic rings. The largest absolute Gasteiger partial charge is 0.459 e. The monoisotopic (exact) mass is 474 g/mol. The van der Waals surface area contributed by atoms with Gasteiger partial charge < -0.3 is 20.4 Å². The number of carbonyl (C=O) groups is 3. The molecule has 2 aromatic carbocycles. The first-order valence-corrected chi connectivity index (χ1v) is 11.9. The molecule has 2 aliphatic heterocycles. The van der Waals surface area contributed by atoms with Crippen molar-refractivity contribution in [2.75, 3.05) is 0 Å². The maximum Gasteiger partial charge on any atom is 0.329 e. The molecule has 5 rings (SSSR count). The molecular formula is C27H30N4O4. The third kappa shape index (κ3) is 4.08. The molecule has 35 heavy (non-hydrogen) atoms. The standard InChI is InChI=1S/C27H30N4O4/c1-27(2)30-15-21-19(18-10-6-7-11-20(18)29-21)14-23(30)25(33)31(27)22(12-13-24(28)32)26(34)35-16-17-8-4-3-5-9-17/h3-11,22-23,29H,12-16H2,1-2H3,(H2,28,32)/t22-,23-/m0/s1. The van der Waals surface area contributed by atoms with Crippen LogP contribution in [0, 0.1) is 0 Å². The van der Waals surface area contributed by atoms with E-state index in [0.29, 0.717) is 13.0 Å². The minimum atomic E-state index is -0.908. The Morgan fingerprint density at radius 2 is 1.86 bits per heavy atom. The fraction of sp³-hybridized carbons (Fsp3) is 0.370. The average molecular weight is 475 g/mol. The number of amides is 2. The van der Waals surface area contributed by atoms with Crippen LogP contribution in [-0.2, 0) is 38.7 Å². The number of ether oxygens (including phenoxy) is 1. The van der Waals surface area contributed by atoms with Crippen molar-refractivity contribution in [2.45, 2.75) is 64.0 Å². The molecule has 0 saturated carbocycles. The van der Waals surface area contributed by atoms with Crippen LogP contribution in [0.3, 0.4) is 0 Å². The zero-order valence-electron chi connectivity index (χ0n) is 20.0. The molecule has 0 radical (unpaired) electrons. The van der Waals surface area contributed by atoms with Crippen molar-refractivity contribution in [2.24, 2.45) is 5.73 Å². The lowest BCUT2D eigenvalue weighted by Crippen LogP contribution is -2.56. The second kappa shape index (κ2) is 8.85. The topological polar surface area (TPSA) is 109 Å². The van der Waals surface area contributed by atoms with Gasteiger partial charge >= 0.3 is 5.97 Å². The maximum atomic E-state index is 13.8. The minimum absolute atomic E-state index is 0.0146. The summed E-state index contributed by atoms with van der Waals surface area (Å²) in [6.45, 7) is 4.55. The lowest BCUT2D eigenvalue weighted by molar-refractivity contribution is -0.160. The number of aromatic nitrogens is 1. The second-order valence-electron chi connectivity index (χ2n) is 9.79. The van der Waals surface area contributed by atoms with Gasteiger partial charge in [-0.3, -0.25) is 14.5 Å². The highest BCUT2D eigenvalue weighted by Crippen LogP contribution is 2.42. The van der Waals surface area contributed by atoms with Crippen molar-refractivity contribution in [3.05, 3.63) is 71.4 Å². The van der Waals surface area contributed by atoms with Gasteiger partial charge in [-0.05, 0) is 43.9 Å². The number of H-pyrrole nitrogens is 1. The zero-order chi connectivity index (χ0) is 24.7. The first-order chi connectivity index (χ1) is 16.8. The van der Waals surface area contributed by atoms with Gasteiger partial charge in [-0.15, -0.1) is 0 Å². The first-order valence-electron chi connectivity index (χ1n) is 11.9. The number of benzene rings is 2. The summed E-state index contributed by atoms with van der Waals surface area (Å²) in [5.41, 5.74) is 8.80. The Morgan fingerprint density at radius 1 is 1.14 bits per heavy atom. The van der Waals surface area contributed by atoms with E-state index in [-0.39, 0.29) is 25.4 Å². The molecule has 0 unspecified atom stereocenters. The summed E-state index contributed by atoms with van der Waals surface area (Å²) in [6.07, 6.45) is 0.659. The van der Waals surface area contributed by atoms with Crippen molar-refractivity contribution in [1.82, 2.24) is 14.8 Å². The van der Waals surface area contributed by atoms with Crippen molar-refractivity contribution in [1.29, 1.82) is 0 Å². The van der Waals surface area contributed by atoms with Gasteiger partial charge in [0.2, 0.25) is 11.8 Å². The highest BCUT2D eigenvalue weighted by molar-refractivity contribution is 5.93. The Bertz CT molecular complexity index is 1280. The van der Waals surface area contributed by atoms with Crippen LogP contribution in [0.2, 0.25) is 0 Å². The number of rotatable bonds is 7. The lowest BCUT2D eigenvalue weighted by Gasteiger charge is -2.42.